The molecule has 0 aromatic heterocycles. The second-order valence-corrected chi connectivity index (χ2v) is 7.81. The van der Waals surface area contributed by atoms with Crippen molar-refractivity contribution >= 4 is 23.2 Å². The van der Waals surface area contributed by atoms with Gasteiger partial charge in [-0.25, -0.2) is 0 Å². The van der Waals surface area contributed by atoms with Crippen LogP contribution in [0.25, 0.3) is 5.57 Å². The number of rotatable bonds is 2. The quantitative estimate of drug-likeness (QED) is 0.616. The molecule has 0 radical (unpaired) electrons. The van der Waals surface area contributed by atoms with Gasteiger partial charge in [-0.2, -0.15) is 0 Å². The maximum Gasteiger partial charge on any atom is 0.0661 e. The molecule has 1 heterocycles. The monoisotopic (exact) mass is 332 g/mol. The van der Waals surface area contributed by atoms with Crippen LogP contribution in [0.2, 0.25) is 0 Å². The van der Waals surface area contributed by atoms with Gasteiger partial charge in [-0.05, 0) is 87.6 Å². The fourth-order valence-electron chi connectivity index (χ4n) is 3.45. The van der Waals surface area contributed by atoms with Crippen molar-refractivity contribution in [1.82, 2.24) is 0 Å². The fourth-order valence-corrected chi connectivity index (χ4v) is 3.45. The first kappa shape index (κ1) is 17.5. The van der Waals surface area contributed by atoms with Gasteiger partial charge < -0.3 is 4.90 Å². The lowest BCUT2D eigenvalue weighted by atomic mass is 9.87. The van der Waals surface area contributed by atoms with Gasteiger partial charge in [0, 0.05) is 24.5 Å². The predicted octanol–water partition coefficient (Wildman–Crippen LogP) is 5.99. The molecular weight excluding hydrogens is 304 g/mol. The average Bonchev–Trinajstić information content (AvgIpc) is 2.54. The number of aliphatic imine (C=N–C) groups is 1. The Kier molecular flexibility index (Phi) is 4.32. The Morgan fingerprint density at radius 1 is 0.960 bits per heavy atom. The van der Waals surface area contributed by atoms with Crippen molar-refractivity contribution in [3.05, 3.63) is 64.2 Å². The fraction of sp³-hybridized carbons (Fsp3) is 0.348. The zero-order valence-corrected chi connectivity index (χ0v) is 16.4. The third-order valence-electron chi connectivity index (χ3n) is 5.31. The Hall–Kier alpha value is -2.35. The maximum absolute atomic E-state index is 4.76. The van der Waals surface area contributed by atoms with Crippen LogP contribution in [-0.2, 0) is 0 Å². The van der Waals surface area contributed by atoms with Gasteiger partial charge in [0.15, 0.2) is 0 Å². The molecule has 0 saturated heterocycles. The van der Waals surface area contributed by atoms with Crippen molar-refractivity contribution in [2.75, 3.05) is 11.9 Å². The van der Waals surface area contributed by atoms with E-state index in [0.717, 1.165) is 5.69 Å². The third-order valence-corrected chi connectivity index (χ3v) is 5.31. The summed E-state index contributed by atoms with van der Waals surface area (Å²) in [6.45, 7) is 13.1. The number of aryl methyl sites for hydroxylation is 3. The van der Waals surface area contributed by atoms with Crippen LogP contribution in [-0.4, -0.2) is 18.8 Å². The number of nitrogens with zero attached hydrogens (tertiary/aromatic N) is 2. The number of anilines is 1. The summed E-state index contributed by atoms with van der Waals surface area (Å²) in [7, 11) is 2.17. The Balaban J connectivity index is 2.04. The van der Waals surface area contributed by atoms with E-state index in [4.69, 9.17) is 4.99 Å². The highest BCUT2D eigenvalue weighted by Crippen LogP contribution is 2.39. The van der Waals surface area contributed by atoms with E-state index in [-0.39, 0.29) is 5.54 Å². The van der Waals surface area contributed by atoms with Gasteiger partial charge in [0.2, 0.25) is 0 Å². The van der Waals surface area contributed by atoms with Crippen molar-refractivity contribution in [3.8, 4) is 0 Å². The molecule has 0 amide bonds. The molecule has 0 aliphatic carbocycles. The molecule has 1 aliphatic heterocycles. The molecule has 0 unspecified atom stereocenters. The minimum absolute atomic E-state index is 0.0395. The molecule has 0 saturated carbocycles. The molecule has 2 aromatic rings. The third kappa shape index (κ3) is 3.26. The molecule has 130 valence electrons. The molecule has 2 heteroatoms. The number of hydrogen-bond acceptors (Lipinski definition) is 2. The molecule has 0 spiro atoms. The summed E-state index contributed by atoms with van der Waals surface area (Å²) in [6.07, 6.45) is 4.35. The summed E-state index contributed by atoms with van der Waals surface area (Å²) >= 11 is 0. The summed E-state index contributed by atoms with van der Waals surface area (Å²) < 4.78 is 0. The van der Waals surface area contributed by atoms with Crippen LogP contribution in [0, 0.1) is 20.8 Å². The Bertz CT molecular complexity index is 885. The Labute approximate surface area is 151 Å². The van der Waals surface area contributed by atoms with Gasteiger partial charge in [-0.15, -0.1) is 0 Å². The first-order valence-corrected chi connectivity index (χ1v) is 8.88. The summed E-state index contributed by atoms with van der Waals surface area (Å²) in [5.41, 5.74) is 9.89. The van der Waals surface area contributed by atoms with Gasteiger partial charge in [0.05, 0.1) is 11.2 Å². The summed E-state index contributed by atoms with van der Waals surface area (Å²) in [6, 6.07) is 11.0. The van der Waals surface area contributed by atoms with Crippen LogP contribution in [0.4, 0.5) is 11.4 Å². The zero-order chi connectivity index (χ0) is 18.4. The second kappa shape index (κ2) is 6.18. The standard InChI is InChI=1S/C23H28N2/c1-15-8-9-16(2)21(10-15)24-14-19-12-20-18(4)13-23(5,6)25(7)22(20)11-17(19)3/h8-14H,1-7H3. The van der Waals surface area contributed by atoms with Gasteiger partial charge >= 0.3 is 0 Å². The van der Waals surface area contributed by atoms with E-state index >= 15 is 0 Å². The maximum atomic E-state index is 4.76. The highest BCUT2D eigenvalue weighted by molar-refractivity contribution is 5.90. The van der Waals surface area contributed by atoms with E-state index in [9.17, 15) is 0 Å². The number of hydrogen-bond donors (Lipinski definition) is 0. The molecular formula is C23H28N2. The summed E-state index contributed by atoms with van der Waals surface area (Å²) in [4.78, 5) is 7.12. The van der Waals surface area contributed by atoms with Crippen LogP contribution in [0.3, 0.4) is 0 Å². The summed E-state index contributed by atoms with van der Waals surface area (Å²) in [5.74, 6) is 0. The molecule has 0 fully saturated rings. The van der Waals surface area contributed by atoms with Crippen LogP contribution < -0.4 is 4.90 Å². The van der Waals surface area contributed by atoms with Gasteiger partial charge in [0.25, 0.3) is 0 Å². The van der Waals surface area contributed by atoms with Crippen molar-refractivity contribution in [3.63, 3.8) is 0 Å². The predicted molar refractivity (Wildman–Crippen MR) is 110 cm³/mol. The number of allylic oxidation sites excluding steroid dienone is 1. The molecule has 25 heavy (non-hydrogen) atoms. The second-order valence-electron chi connectivity index (χ2n) is 7.81. The molecule has 2 nitrogen and oxygen atoms in total. The van der Waals surface area contributed by atoms with Crippen molar-refractivity contribution in [2.45, 2.75) is 47.1 Å². The number of fused-ring (bicyclic) bond motifs is 1. The van der Waals surface area contributed by atoms with Crippen LogP contribution in [0.1, 0.15) is 48.6 Å². The Morgan fingerprint density at radius 3 is 2.40 bits per heavy atom. The lowest BCUT2D eigenvalue weighted by molar-refractivity contribution is 0.597. The largest absolute Gasteiger partial charge is 0.365 e. The van der Waals surface area contributed by atoms with E-state index in [2.05, 4.69) is 89.9 Å². The minimum Gasteiger partial charge on any atom is -0.365 e. The Morgan fingerprint density at radius 2 is 1.68 bits per heavy atom. The topological polar surface area (TPSA) is 15.6 Å². The van der Waals surface area contributed by atoms with E-state index < -0.39 is 0 Å². The van der Waals surface area contributed by atoms with Crippen molar-refractivity contribution < 1.29 is 0 Å². The van der Waals surface area contributed by atoms with Crippen LogP contribution in [0.5, 0.6) is 0 Å². The van der Waals surface area contributed by atoms with E-state index in [1.54, 1.807) is 0 Å². The highest BCUT2D eigenvalue weighted by Gasteiger charge is 2.28. The van der Waals surface area contributed by atoms with Gasteiger partial charge in [0.1, 0.15) is 0 Å². The molecule has 2 aromatic carbocycles. The van der Waals surface area contributed by atoms with Crippen LogP contribution in [0.15, 0.2) is 41.4 Å². The zero-order valence-electron chi connectivity index (χ0n) is 16.4. The molecule has 0 bridgehead atoms. The molecule has 0 atom stereocenters. The van der Waals surface area contributed by atoms with Crippen LogP contribution >= 0.6 is 0 Å². The molecule has 0 N–H and O–H groups in total. The first-order valence-electron chi connectivity index (χ1n) is 8.88. The summed E-state index contributed by atoms with van der Waals surface area (Å²) in [5, 5.41) is 0. The average molecular weight is 332 g/mol. The smallest absolute Gasteiger partial charge is 0.0661 e. The van der Waals surface area contributed by atoms with Gasteiger partial charge in [-0.1, -0.05) is 18.2 Å². The number of likely N-dealkylation sites (N-methyl/N-ethyl adjacent to an activating group) is 1. The normalized spacial score (nSPS) is 16.1. The van der Waals surface area contributed by atoms with E-state index in [0.29, 0.717) is 0 Å². The number of benzene rings is 2. The van der Waals surface area contributed by atoms with Crippen molar-refractivity contribution in [2.24, 2.45) is 4.99 Å². The first-order chi connectivity index (χ1) is 11.7. The van der Waals surface area contributed by atoms with E-state index in [1.165, 1.54) is 39.1 Å². The lowest BCUT2D eigenvalue weighted by Gasteiger charge is -2.41. The van der Waals surface area contributed by atoms with Crippen molar-refractivity contribution in [1.29, 1.82) is 0 Å². The lowest BCUT2D eigenvalue weighted by Crippen LogP contribution is -2.42. The van der Waals surface area contributed by atoms with E-state index in [1.807, 2.05) is 6.21 Å². The minimum atomic E-state index is 0.0395. The highest BCUT2D eigenvalue weighted by atomic mass is 15.2. The van der Waals surface area contributed by atoms with Gasteiger partial charge in [-0.3, -0.25) is 4.99 Å². The molecule has 1 aliphatic rings. The molecule has 3 rings (SSSR count). The SMILES string of the molecule is CC1=CC(C)(C)N(C)c2cc(C)c(C=Nc3cc(C)ccc3C)cc21.